The minimum atomic E-state index is -0.446. The molecule has 0 bridgehead atoms. The van der Waals surface area contributed by atoms with Crippen molar-refractivity contribution >= 4 is 22.5 Å². The van der Waals surface area contributed by atoms with E-state index in [1.165, 1.54) is 16.8 Å². The van der Waals surface area contributed by atoms with E-state index < -0.39 is 5.91 Å². The predicted molar refractivity (Wildman–Crippen MR) is 149 cm³/mol. The van der Waals surface area contributed by atoms with Crippen molar-refractivity contribution in [3.05, 3.63) is 90.1 Å². The van der Waals surface area contributed by atoms with E-state index in [4.69, 9.17) is 18.9 Å². The van der Waals surface area contributed by atoms with E-state index in [9.17, 15) is 9.18 Å². The SMILES string of the molecule is CCOc1cn(-c2ccc(F)cc2)nc1C(=O)Nc1ccc(Oc2ccnc3cc(OC)c(OC)cc23)c(C)c1. The fourth-order valence-electron chi connectivity index (χ4n) is 4.19. The van der Waals surface area contributed by atoms with Crippen molar-refractivity contribution < 1.29 is 28.1 Å². The van der Waals surface area contributed by atoms with Gasteiger partial charge in [0.05, 0.1) is 38.2 Å². The molecule has 0 saturated heterocycles. The van der Waals surface area contributed by atoms with Gasteiger partial charge in [0, 0.05) is 23.3 Å². The first-order valence-electron chi connectivity index (χ1n) is 12.5. The molecule has 0 unspecified atom stereocenters. The highest BCUT2D eigenvalue weighted by Crippen LogP contribution is 2.37. The normalized spacial score (nSPS) is 10.8. The molecule has 0 spiro atoms. The minimum Gasteiger partial charge on any atom is -0.493 e. The number of hydrogen-bond donors (Lipinski definition) is 1. The van der Waals surface area contributed by atoms with E-state index in [0.717, 1.165) is 10.9 Å². The van der Waals surface area contributed by atoms with E-state index in [0.29, 0.717) is 52.2 Å². The molecule has 0 aliphatic heterocycles. The second-order valence-electron chi connectivity index (χ2n) is 8.77. The van der Waals surface area contributed by atoms with Crippen LogP contribution in [0.5, 0.6) is 28.7 Å². The maximum Gasteiger partial charge on any atom is 0.280 e. The first-order valence-corrected chi connectivity index (χ1v) is 12.5. The van der Waals surface area contributed by atoms with Crippen molar-refractivity contribution in [1.82, 2.24) is 14.8 Å². The molecule has 0 aliphatic carbocycles. The molecule has 10 heteroatoms. The summed E-state index contributed by atoms with van der Waals surface area (Å²) in [5.74, 6) is 1.85. The molecule has 40 heavy (non-hydrogen) atoms. The Morgan fingerprint density at radius 2 is 1.68 bits per heavy atom. The van der Waals surface area contributed by atoms with Crippen molar-refractivity contribution in [1.29, 1.82) is 0 Å². The minimum absolute atomic E-state index is 0.108. The van der Waals surface area contributed by atoms with Gasteiger partial charge in [-0.05, 0) is 74.0 Å². The fraction of sp³-hybridized carbons (Fsp3) is 0.167. The van der Waals surface area contributed by atoms with Gasteiger partial charge in [-0.2, -0.15) is 5.10 Å². The van der Waals surface area contributed by atoms with Crippen molar-refractivity contribution in [2.24, 2.45) is 0 Å². The number of halogens is 1. The standard InChI is InChI=1S/C30H27FN4O5/c1-5-39-28-17-35(21-9-6-19(31)7-10-21)34-29(28)30(36)33-20-8-11-24(18(2)14-20)40-25-12-13-32-23-16-27(38-4)26(37-3)15-22(23)25/h6-17H,5H2,1-4H3,(H,33,36). The molecule has 0 fully saturated rings. The number of nitrogens with zero attached hydrogens (tertiary/aromatic N) is 3. The monoisotopic (exact) mass is 542 g/mol. The second-order valence-corrected chi connectivity index (χ2v) is 8.77. The molecule has 2 heterocycles. The molecule has 5 aromatic rings. The average Bonchev–Trinajstić information content (AvgIpc) is 3.38. The summed E-state index contributed by atoms with van der Waals surface area (Å²) in [5, 5.41) is 8.01. The first-order chi connectivity index (χ1) is 19.4. The molecule has 3 aromatic carbocycles. The number of carbonyl (C=O) groups is 1. The van der Waals surface area contributed by atoms with E-state index >= 15 is 0 Å². The smallest absolute Gasteiger partial charge is 0.280 e. The Bertz CT molecular complexity index is 1680. The molecule has 0 atom stereocenters. The fourth-order valence-corrected chi connectivity index (χ4v) is 4.19. The number of aryl methyl sites for hydroxylation is 1. The van der Waals surface area contributed by atoms with Crippen molar-refractivity contribution in [2.45, 2.75) is 13.8 Å². The number of rotatable bonds is 9. The van der Waals surface area contributed by atoms with Gasteiger partial charge in [0.2, 0.25) is 0 Å². The lowest BCUT2D eigenvalue weighted by Gasteiger charge is -2.14. The van der Waals surface area contributed by atoms with Crippen LogP contribution in [0.4, 0.5) is 10.1 Å². The molecule has 0 radical (unpaired) electrons. The molecule has 2 aromatic heterocycles. The van der Waals surface area contributed by atoms with Crippen molar-refractivity contribution in [3.8, 4) is 34.4 Å². The van der Waals surface area contributed by atoms with E-state index in [1.54, 1.807) is 69.1 Å². The number of nitrogens with one attached hydrogen (secondary N) is 1. The number of aromatic nitrogens is 3. The van der Waals surface area contributed by atoms with E-state index in [-0.39, 0.29) is 11.5 Å². The zero-order chi connectivity index (χ0) is 28.2. The number of carbonyl (C=O) groups excluding carboxylic acids is 1. The summed E-state index contributed by atoms with van der Waals surface area (Å²) < 4.78 is 37.5. The lowest BCUT2D eigenvalue weighted by molar-refractivity contribution is 0.101. The number of ether oxygens (including phenoxy) is 4. The van der Waals surface area contributed by atoms with Crippen molar-refractivity contribution in [3.63, 3.8) is 0 Å². The summed E-state index contributed by atoms with van der Waals surface area (Å²) in [6.45, 7) is 4.05. The number of amides is 1. The summed E-state index contributed by atoms with van der Waals surface area (Å²) >= 11 is 0. The van der Waals surface area contributed by atoms with Gasteiger partial charge in [0.25, 0.3) is 5.91 Å². The lowest BCUT2D eigenvalue weighted by Crippen LogP contribution is -2.14. The third kappa shape index (κ3) is 5.37. The van der Waals surface area contributed by atoms with Gasteiger partial charge >= 0.3 is 0 Å². The number of hydrogen-bond acceptors (Lipinski definition) is 7. The van der Waals surface area contributed by atoms with E-state index in [1.807, 2.05) is 19.9 Å². The Hall–Kier alpha value is -5.12. The quantitative estimate of drug-likeness (QED) is 0.233. The molecule has 1 N–H and O–H groups in total. The number of methoxy groups -OCH3 is 2. The summed E-state index contributed by atoms with van der Waals surface area (Å²) in [4.78, 5) is 17.6. The highest BCUT2D eigenvalue weighted by atomic mass is 19.1. The molecular formula is C30H27FN4O5. The molecule has 0 aliphatic rings. The number of fused-ring (bicyclic) bond motifs is 1. The molecule has 5 rings (SSSR count). The second kappa shape index (κ2) is 11.3. The lowest BCUT2D eigenvalue weighted by atomic mass is 10.1. The van der Waals surface area contributed by atoms with Gasteiger partial charge in [-0.25, -0.2) is 9.07 Å². The van der Waals surface area contributed by atoms with Crippen LogP contribution in [0.2, 0.25) is 0 Å². The van der Waals surface area contributed by atoms with Gasteiger partial charge in [-0.15, -0.1) is 0 Å². The third-order valence-electron chi connectivity index (χ3n) is 6.15. The van der Waals surface area contributed by atoms with Crippen LogP contribution >= 0.6 is 0 Å². The summed E-state index contributed by atoms with van der Waals surface area (Å²) in [6, 6.07) is 16.5. The third-order valence-corrected chi connectivity index (χ3v) is 6.15. The van der Waals surface area contributed by atoms with Crippen LogP contribution in [0.1, 0.15) is 23.0 Å². The maximum absolute atomic E-state index is 13.3. The van der Waals surface area contributed by atoms with Crippen molar-refractivity contribution in [2.75, 3.05) is 26.1 Å². The Kier molecular flexibility index (Phi) is 7.50. The van der Waals surface area contributed by atoms with Crippen LogP contribution in [0, 0.1) is 12.7 Å². The molecular weight excluding hydrogens is 515 g/mol. The zero-order valence-electron chi connectivity index (χ0n) is 22.4. The summed E-state index contributed by atoms with van der Waals surface area (Å²) in [6.07, 6.45) is 3.26. The summed E-state index contributed by atoms with van der Waals surface area (Å²) in [7, 11) is 3.14. The van der Waals surface area contributed by atoms with Crippen LogP contribution in [0.15, 0.2) is 73.1 Å². The highest BCUT2D eigenvalue weighted by Gasteiger charge is 2.20. The van der Waals surface area contributed by atoms with Crippen LogP contribution < -0.4 is 24.3 Å². The van der Waals surface area contributed by atoms with E-state index in [2.05, 4.69) is 15.4 Å². The predicted octanol–water partition coefficient (Wildman–Crippen LogP) is 6.33. The Morgan fingerprint density at radius 3 is 2.38 bits per heavy atom. The molecule has 9 nitrogen and oxygen atoms in total. The Labute approximate surface area is 230 Å². The van der Waals surface area contributed by atoms with Gasteiger partial charge < -0.3 is 24.3 Å². The maximum atomic E-state index is 13.3. The highest BCUT2D eigenvalue weighted by molar-refractivity contribution is 6.04. The topological polar surface area (TPSA) is 96.7 Å². The average molecular weight is 543 g/mol. The summed E-state index contributed by atoms with van der Waals surface area (Å²) in [5.41, 5.74) is 2.75. The van der Waals surface area contributed by atoms with Crippen LogP contribution in [-0.4, -0.2) is 41.5 Å². The van der Waals surface area contributed by atoms with Gasteiger partial charge in [0.15, 0.2) is 22.9 Å². The zero-order valence-corrected chi connectivity index (χ0v) is 22.4. The van der Waals surface area contributed by atoms with Crippen LogP contribution in [0.25, 0.3) is 16.6 Å². The molecule has 0 saturated carbocycles. The number of pyridine rings is 1. The van der Waals surface area contributed by atoms with Gasteiger partial charge in [-0.3, -0.25) is 9.78 Å². The number of anilines is 1. The Balaban J connectivity index is 1.38. The molecule has 1 amide bonds. The first kappa shape index (κ1) is 26.5. The van der Waals surface area contributed by atoms with Gasteiger partial charge in [-0.1, -0.05) is 0 Å². The number of benzene rings is 3. The Morgan fingerprint density at radius 1 is 0.925 bits per heavy atom. The molecule has 204 valence electrons. The van der Waals surface area contributed by atoms with Gasteiger partial charge in [0.1, 0.15) is 17.3 Å². The largest absolute Gasteiger partial charge is 0.493 e. The van der Waals surface area contributed by atoms with Crippen LogP contribution in [-0.2, 0) is 0 Å². The van der Waals surface area contributed by atoms with Crippen LogP contribution in [0.3, 0.4) is 0 Å².